The van der Waals surface area contributed by atoms with Crippen LogP contribution in [-0.2, 0) is 6.18 Å². The third kappa shape index (κ3) is 5.57. The number of aryl methyl sites for hydroxylation is 1. The van der Waals surface area contributed by atoms with Gasteiger partial charge in [-0.2, -0.15) is 18.2 Å². The molecule has 0 aliphatic rings. The first-order valence-electron chi connectivity index (χ1n) is 9.05. The second-order valence-electron chi connectivity index (χ2n) is 6.24. The number of aromatic amines is 1. The fourth-order valence-electron chi connectivity index (χ4n) is 2.83. The number of alkyl halides is 4. The van der Waals surface area contributed by atoms with Crippen molar-refractivity contribution < 1.29 is 13.2 Å². The second-order valence-corrected chi connectivity index (χ2v) is 6.24. The minimum absolute atomic E-state index is 0.0472. The van der Waals surface area contributed by atoms with Crippen LogP contribution in [0.3, 0.4) is 0 Å². The zero-order valence-electron chi connectivity index (χ0n) is 16.6. The van der Waals surface area contributed by atoms with E-state index in [9.17, 15) is 13.2 Å². The Hall–Kier alpha value is -3.02. The number of H-pyrrole nitrogens is 1. The Morgan fingerprint density at radius 1 is 0.903 bits per heavy atom. The number of nitrogens with zero attached hydrogens (tertiary/aromatic N) is 4. The van der Waals surface area contributed by atoms with E-state index < -0.39 is 11.7 Å². The third-order valence-electron chi connectivity index (χ3n) is 4.11. The van der Waals surface area contributed by atoms with Crippen LogP contribution in [0.4, 0.5) is 24.9 Å². The smallest absolute Gasteiger partial charge is 0.307 e. The molecule has 4 rings (SSSR count). The van der Waals surface area contributed by atoms with Crippen molar-refractivity contribution in [2.75, 3.05) is 10.2 Å². The van der Waals surface area contributed by atoms with E-state index in [2.05, 4.69) is 53.1 Å². The molecular formula is C21H18F3IN6. The Bertz CT molecular complexity index is 1150. The highest BCUT2D eigenvalue weighted by atomic mass is 127. The summed E-state index contributed by atoms with van der Waals surface area (Å²) < 4.78 is 40.5. The second kappa shape index (κ2) is 9.86. The van der Waals surface area contributed by atoms with Crippen molar-refractivity contribution in [1.82, 2.24) is 25.1 Å². The van der Waals surface area contributed by atoms with Gasteiger partial charge in [-0.15, -0.1) is 5.10 Å². The summed E-state index contributed by atoms with van der Waals surface area (Å²) in [7, 11) is 0. The lowest BCUT2D eigenvalue weighted by molar-refractivity contribution is -0.137. The van der Waals surface area contributed by atoms with E-state index in [1.807, 2.05) is 35.3 Å². The van der Waals surface area contributed by atoms with E-state index >= 15 is 0 Å². The van der Waals surface area contributed by atoms with Crippen LogP contribution >= 0.6 is 22.6 Å². The molecule has 160 valence electrons. The molecule has 0 fully saturated rings. The van der Waals surface area contributed by atoms with Crippen LogP contribution in [0.1, 0.15) is 11.4 Å². The highest BCUT2D eigenvalue weighted by Crippen LogP contribution is 2.36. The van der Waals surface area contributed by atoms with Gasteiger partial charge in [0.25, 0.3) is 0 Å². The van der Waals surface area contributed by atoms with Crippen molar-refractivity contribution in [2.45, 2.75) is 13.1 Å². The molecule has 2 aromatic heterocycles. The van der Waals surface area contributed by atoms with Crippen LogP contribution in [0.2, 0.25) is 0 Å². The number of benzene rings is 2. The zero-order valence-corrected chi connectivity index (χ0v) is 18.7. The first-order valence-corrected chi connectivity index (χ1v) is 11.2. The van der Waals surface area contributed by atoms with Crippen LogP contribution in [0.5, 0.6) is 0 Å². The summed E-state index contributed by atoms with van der Waals surface area (Å²) in [5, 5.41) is 9.60. The first kappa shape index (κ1) is 22.7. The molecule has 2 N–H and O–H groups in total. The Kier molecular flexibility index (Phi) is 7.21. The maximum atomic E-state index is 13.5. The Balaban J connectivity index is 0.00000132. The largest absolute Gasteiger partial charge is 0.417 e. The average Bonchev–Trinajstić information content (AvgIpc) is 3.19. The summed E-state index contributed by atoms with van der Waals surface area (Å²) in [6, 6.07) is 16.0. The van der Waals surface area contributed by atoms with Crippen molar-refractivity contribution in [3.63, 3.8) is 0 Å². The number of hydrogen-bond donors (Lipinski definition) is 2. The zero-order chi connectivity index (χ0) is 22.4. The third-order valence-corrected chi connectivity index (χ3v) is 4.11. The molecule has 10 heteroatoms. The Morgan fingerprint density at radius 2 is 1.58 bits per heavy atom. The Labute approximate surface area is 190 Å². The molecule has 4 aromatic rings. The molecule has 0 saturated carbocycles. The number of anilines is 2. The molecule has 0 spiro atoms. The average molecular weight is 538 g/mol. The van der Waals surface area contributed by atoms with Gasteiger partial charge in [0, 0.05) is 17.2 Å². The fraction of sp³-hybridized carbons (Fsp3) is 0.143. The van der Waals surface area contributed by atoms with E-state index in [0.717, 1.165) is 11.6 Å². The van der Waals surface area contributed by atoms with Crippen molar-refractivity contribution >= 4 is 34.4 Å². The lowest BCUT2D eigenvalue weighted by Gasteiger charge is -2.14. The molecule has 0 aliphatic carbocycles. The number of hydrogen-bond acceptors (Lipinski definition) is 5. The minimum Gasteiger partial charge on any atom is -0.307 e. The van der Waals surface area contributed by atoms with Crippen LogP contribution in [0, 0.1) is 6.92 Å². The molecular weight excluding hydrogens is 520 g/mol. The van der Waals surface area contributed by atoms with E-state index in [4.69, 9.17) is 0 Å². The van der Waals surface area contributed by atoms with Gasteiger partial charge in [-0.1, -0.05) is 71.1 Å². The molecule has 0 unspecified atom stereocenters. The maximum absolute atomic E-state index is 13.5. The molecule has 2 aromatic carbocycles. The standard InChI is InChI=1S/C20H15F3N6.CH3I/c1-12-24-19(29-28-12)27-17-11-16(13-7-3-2-4-8-13)25-18(26-17)14-9-5-6-10-15(14)20(21,22)23;1-2/h2-11H,1H3,(H2,24,25,26,27,28,29);1H3. The summed E-state index contributed by atoms with van der Waals surface area (Å²) in [5.74, 6) is 1.08. The number of rotatable bonds is 4. The highest BCUT2D eigenvalue weighted by molar-refractivity contribution is 14.1. The van der Waals surface area contributed by atoms with Gasteiger partial charge in [-0.3, -0.25) is 5.10 Å². The van der Waals surface area contributed by atoms with E-state index in [1.54, 1.807) is 13.0 Å². The summed E-state index contributed by atoms with van der Waals surface area (Å²) in [6.45, 7) is 1.73. The van der Waals surface area contributed by atoms with Gasteiger partial charge in [0.05, 0.1) is 11.3 Å². The Morgan fingerprint density at radius 3 is 2.23 bits per heavy atom. The summed E-state index contributed by atoms with van der Waals surface area (Å²) in [6.07, 6.45) is -4.53. The minimum atomic E-state index is -4.53. The topological polar surface area (TPSA) is 79.4 Å². The van der Waals surface area contributed by atoms with E-state index in [0.29, 0.717) is 11.5 Å². The lowest BCUT2D eigenvalue weighted by Crippen LogP contribution is -2.09. The SMILES string of the molecule is CI.Cc1nc(Nc2cc(-c3ccccc3)nc(-c3ccccc3C(F)(F)F)n2)n[nH]1. The lowest BCUT2D eigenvalue weighted by atomic mass is 10.1. The van der Waals surface area contributed by atoms with Gasteiger partial charge in [-0.25, -0.2) is 9.97 Å². The predicted octanol–water partition coefficient (Wildman–Crippen LogP) is 6.05. The number of aromatic nitrogens is 5. The molecule has 2 heterocycles. The maximum Gasteiger partial charge on any atom is 0.417 e. The van der Waals surface area contributed by atoms with Crippen LogP contribution in [0.25, 0.3) is 22.6 Å². The van der Waals surface area contributed by atoms with Gasteiger partial charge in [-0.05, 0) is 17.9 Å². The van der Waals surface area contributed by atoms with E-state index in [-0.39, 0.29) is 23.2 Å². The van der Waals surface area contributed by atoms with Crippen LogP contribution in [0.15, 0.2) is 60.7 Å². The van der Waals surface area contributed by atoms with Gasteiger partial charge in [0.2, 0.25) is 5.95 Å². The molecule has 0 saturated heterocycles. The summed E-state index contributed by atoms with van der Waals surface area (Å²) in [4.78, 5) is 14.8. The van der Waals surface area contributed by atoms with Crippen LogP contribution in [-0.4, -0.2) is 30.1 Å². The monoisotopic (exact) mass is 538 g/mol. The van der Waals surface area contributed by atoms with Crippen molar-refractivity contribution in [3.8, 4) is 22.6 Å². The van der Waals surface area contributed by atoms with Crippen molar-refractivity contribution in [3.05, 3.63) is 72.1 Å². The molecule has 0 aliphatic heterocycles. The van der Waals surface area contributed by atoms with Crippen molar-refractivity contribution in [2.24, 2.45) is 0 Å². The molecule has 31 heavy (non-hydrogen) atoms. The molecule has 0 amide bonds. The quantitative estimate of drug-likeness (QED) is 0.244. The first-order chi connectivity index (χ1) is 14.9. The van der Waals surface area contributed by atoms with Crippen LogP contribution < -0.4 is 5.32 Å². The van der Waals surface area contributed by atoms with Gasteiger partial charge < -0.3 is 5.32 Å². The summed E-state index contributed by atoms with van der Waals surface area (Å²) in [5.41, 5.74) is 0.314. The van der Waals surface area contributed by atoms with Gasteiger partial charge in [0.1, 0.15) is 11.6 Å². The predicted molar refractivity (Wildman–Crippen MR) is 122 cm³/mol. The highest BCUT2D eigenvalue weighted by Gasteiger charge is 2.34. The molecule has 6 nitrogen and oxygen atoms in total. The fourth-order valence-corrected chi connectivity index (χ4v) is 2.83. The number of nitrogens with one attached hydrogen (secondary N) is 2. The molecule has 0 radical (unpaired) electrons. The van der Waals surface area contributed by atoms with E-state index in [1.165, 1.54) is 18.2 Å². The van der Waals surface area contributed by atoms with Crippen molar-refractivity contribution in [1.29, 1.82) is 0 Å². The normalized spacial score (nSPS) is 10.9. The number of halogens is 4. The summed E-state index contributed by atoms with van der Waals surface area (Å²) >= 11 is 2.15. The molecule has 0 atom stereocenters. The molecule has 0 bridgehead atoms. The van der Waals surface area contributed by atoms with Gasteiger partial charge in [0.15, 0.2) is 5.82 Å². The van der Waals surface area contributed by atoms with Gasteiger partial charge >= 0.3 is 6.18 Å².